The van der Waals surface area contributed by atoms with Gasteiger partial charge >= 0.3 is 0 Å². The second-order valence-corrected chi connectivity index (χ2v) is 4.59. The first kappa shape index (κ1) is 7.47. The van der Waals surface area contributed by atoms with Crippen LogP contribution in [0.5, 0.6) is 0 Å². The number of aromatic nitrogens is 1. The molecule has 0 spiro atoms. The van der Waals surface area contributed by atoms with E-state index in [2.05, 4.69) is 23.2 Å². The van der Waals surface area contributed by atoms with E-state index in [0.717, 1.165) is 11.9 Å². The maximum Gasteiger partial charge on any atom is 0.0985 e. The van der Waals surface area contributed by atoms with Crippen LogP contribution in [0.15, 0.2) is 24.3 Å². The maximum absolute atomic E-state index is 5.79. The van der Waals surface area contributed by atoms with Gasteiger partial charge in [-0.05, 0) is 18.6 Å². The van der Waals surface area contributed by atoms with Crippen molar-refractivity contribution in [3.63, 3.8) is 0 Å². The Kier molecular flexibility index (Phi) is 1.45. The Morgan fingerprint density at radius 3 is 2.85 bits per heavy atom. The lowest BCUT2D eigenvalue weighted by Gasteiger charge is -1.85. The van der Waals surface area contributed by atoms with Crippen molar-refractivity contribution in [1.82, 2.24) is 4.98 Å². The SMILES string of the molecule is N[C@@H]1C[C@H]1c1nc2ccccc2s1. The van der Waals surface area contributed by atoms with Gasteiger partial charge in [0.1, 0.15) is 0 Å². The van der Waals surface area contributed by atoms with Crippen LogP contribution in [0.25, 0.3) is 10.2 Å². The summed E-state index contributed by atoms with van der Waals surface area (Å²) in [6, 6.07) is 8.62. The molecule has 1 fully saturated rings. The lowest BCUT2D eigenvalue weighted by Crippen LogP contribution is -2.00. The molecule has 2 aromatic rings. The maximum atomic E-state index is 5.79. The number of nitrogens with zero attached hydrogens (tertiary/aromatic N) is 1. The van der Waals surface area contributed by atoms with Gasteiger partial charge in [-0.25, -0.2) is 4.98 Å². The summed E-state index contributed by atoms with van der Waals surface area (Å²) in [6.45, 7) is 0. The Labute approximate surface area is 80.4 Å². The fourth-order valence-electron chi connectivity index (χ4n) is 1.55. The number of nitrogens with two attached hydrogens (primary N) is 1. The molecule has 1 aromatic heterocycles. The molecule has 13 heavy (non-hydrogen) atoms. The Bertz CT molecular complexity index is 416. The third-order valence-electron chi connectivity index (χ3n) is 2.47. The van der Waals surface area contributed by atoms with Gasteiger partial charge in [0.2, 0.25) is 0 Å². The van der Waals surface area contributed by atoms with Crippen LogP contribution in [0.4, 0.5) is 0 Å². The average Bonchev–Trinajstić information content (AvgIpc) is 2.74. The number of para-hydroxylation sites is 1. The third-order valence-corrected chi connectivity index (χ3v) is 3.64. The molecule has 0 bridgehead atoms. The zero-order valence-corrected chi connectivity index (χ0v) is 7.92. The summed E-state index contributed by atoms with van der Waals surface area (Å²) in [4.78, 5) is 4.56. The van der Waals surface area contributed by atoms with Crippen molar-refractivity contribution in [2.24, 2.45) is 5.73 Å². The molecule has 1 saturated carbocycles. The minimum Gasteiger partial charge on any atom is -0.327 e. The summed E-state index contributed by atoms with van der Waals surface area (Å²) in [5, 5.41) is 1.22. The molecule has 1 aliphatic rings. The van der Waals surface area contributed by atoms with Gasteiger partial charge in [-0.15, -0.1) is 11.3 Å². The molecular formula is C10H10N2S. The molecule has 1 heterocycles. The molecule has 2 nitrogen and oxygen atoms in total. The minimum atomic E-state index is 0.362. The van der Waals surface area contributed by atoms with E-state index in [-0.39, 0.29) is 0 Å². The molecule has 0 radical (unpaired) electrons. The van der Waals surface area contributed by atoms with E-state index in [0.29, 0.717) is 12.0 Å². The van der Waals surface area contributed by atoms with E-state index in [9.17, 15) is 0 Å². The van der Waals surface area contributed by atoms with Gasteiger partial charge in [0.05, 0.1) is 15.2 Å². The fraction of sp³-hybridized carbons (Fsp3) is 0.300. The van der Waals surface area contributed by atoms with Gasteiger partial charge < -0.3 is 5.73 Å². The molecule has 2 N–H and O–H groups in total. The molecule has 66 valence electrons. The summed E-state index contributed by atoms with van der Waals surface area (Å²) in [5.74, 6) is 0.539. The molecule has 3 heteroatoms. The smallest absolute Gasteiger partial charge is 0.0985 e. The van der Waals surface area contributed by atoms with E-state index in [1.807, 2.05) is 6.07 Å². The number of thiazole rings is 1. The molecule has 2 atom stereocenters. The quantitative estimate of drug-likeness (QED) is 0.748. The van der Waals surface area contributed by atoms with Crippen LogP contribution < -0.4 is 5.73 Å². The van der Waals surface area contributed by atoms with Crippen molar-refractivity contribution < 1.29 is 0 Å². The van der Waals surface area contributed by atoms with Crippen molar-refractivity contribution in [1.29, 1.82) is 0 Å². The minimum absolute atomic E-state index is 0.362. The van der Waals surface area contributed by atoms with Gasteiger partial charge in [-0.3, -0.25) is 0 Å². The Morgan fingerprint density at radius 1 is 1.38 bits per heavy atom. The lowest BCUT2D eigenvalue weighted by molar-refractivity contribution is 0.980. The van der Waals surface area contributed by atoms with E-state index in [1.165, 1.54) is 9.71 Å². The number of hydrogen-bond donors (Lipinski definition) is 1. The normalized spacial score (nSPS) is 26.5. The molecule has 0 amide bonds. The van der Waals surface area contributed by atoms with Gasteiger partial charge in [-0.1, -0.05) is 12.1 Å². The predicted octanol–water partition coefficient (Wildman–Crippen LogP) is 2.11. The van der Waals surface area contributed by atoms with E-state index in [4.69, 9.17) is 5.73 Å². The summed E-state index contributed by atoms with van der Waals surface area (Å²) >= 11 is 1.78. The molecule has 0 aliphatic heterocycles. The zero-order valence-electron chi connectivity index (χ0n) is 7.10. The second-order valence-electron chi connectivity index (χ2n) is 3.53. The van der Waals surface area contributed by atoms with Crippen molar-refractivity contribution in [2.45, 2.75) is 18.4 Å². The van der Waals surface area contributed by atoms with Gasteiger partial charge in [-0.2, -0.15) is 0 Å². The predicted molar refractivity (Wildman–Crippen MR) is 55.0 cm³/mol. The fourth-order valence-corrected chi connectivity index (χ4v) is 2.70. The zero-order chi connectivity index (χ0) is 8.84. The van der Waals surface area contributed by atoms with Crippen LogP contribution >= 0.6 is 11.3 Å². The highest BCUT2D eigenvalue weighted by Gasteiger charge is 2.37. The molecular weight excluding hydrogens is 180 g/mol. The van der Waals surface area contributed by atoms with Crippen LogP contribution in [0.1, 0.15) is 17.3 Å². The molecule has 0 saturated heterocycles. The standard InChI is InChI=1S/C10H10N2S/c11-7-5-6(7)10-12-8-3-1-2-4-9(8)13-10/h1-4,6-7H,5,11H2/t6-,7-/m1/s1. The third kappa shape index (κ3) is 1.16. The van der Waals surface area contributed by atoms with E-state index < -0.39 is 0 Å². The summed E-state index contributed by atoms with van der Waals surface area (Å²) in [6.07, 6.45) is 1.11. The number of rotatable bonds is 1. The summed E-state index contributed by atoms with van der Waals surface area (Å²) in [7, 11) is 0. The van der Waals surface area contributed by atoms with E-state index in [1.54, 1.807) is 11.3 Å². The van der Waals surface area contributed by atoms with Crippen LogP contribution in [0.2, 0.25) is 0 Å². The largest absolute Gasteiger partial charge is 0.327 e. The summed E-state index contributed by atoms with van der Waals surface area (Å²) in [5.41, 5.74) is 6.90. The topological polar surface area (TPSA) is 38.9 Å². The van der Waals surface area contributed by atoms with Crippen molar-refractivity contribution >= 4 is 21.6 Å². The molecule has 1 aromatic carbocycles. The van der Waals surface area contributed by atoms with Crippen molar-refractivity contribution in [2.75, 3.05) is 0 Å². The second kappa shape index (κ2) is 2.53. The highest BCUT2D eigenvalue weighted by molar-refractivity contribution is 7.18. The highest BCUT2D eigenvalue weighted by Crippen LogP contribution is 2.42. The monoisotopic (exact) mass is 190 g/mol. The van der Waals surface area contributed by atoms with Gasteiger partial charge in [0.15, 0.2) is 0 Å². The lowest BCUT2D eigenvalue weighted by atomic mass is 10.3. The number of hydrogen-bond acceptors (Lipinski definition) is 3. The molecule has 1 aliphatic carbocycles. The Balaban J connectivity index is 2.12. The number of benzene rings is 1. The Morgan fingerprint density at radius 2 is 2.15 bits per heavy atom. The van der Waals surface area contributed by atoms with Gasteiger partial charge in [0, 0.05) is 12.0 Å². The molecule has 0 unspecified atom stereocenters. The first-order valence-electron chi connectivity index (χ1n) is 4.45. The molecule has 3 rings (SSSR count). The van der Waals surface area contributed by atoms with Crippen LogP contribution in [0.3, 0.4) is 0 Å². The Hall–Kier alpha value is -0.930. The van der Waals surface area contributed by atoms with Crippen LogP contribution in [-0.2, 0) is 0 Å². The van der Waals surface area contributed by atoms with Crippen LogP contribution in [0, 0.1) is 0 Å². The first-order chi connectivity index (χ1) is 6.34. The van der Waals surface area contributed by atoms with Gasteiger partial charge in [0.25, 0.3) is 0 Å². The first-order valence-corrected chi connectivity index (χ1v) is 5.27. The highest BCUT2D eigenvalue weighted by atomic mass is 32.1. The number of fused-ring (bicyclic) bond motifs is 1. The van der Waals surface area contributed by atoms with Crippen LogP contribution in [-0.4, -0.2) is 11.0 Å². The van der Waals surface area contributed by atoms with E-state index >= 15 is 0 Å². The van der Waals surface area contributed by atoms with Crippen molar-refractivity contribution in [3.05, 3.63) is 29.3 Å². The average molecular weight is 190 g/mol. The summed E-state index contributed by atoms with van der Waals surface area (Å²) < 4.78 is 1.27. The van der Waals surface area contributed by atoms with Crippen molar-refractivity contribution in [3.8, 4) is 0 Å².